The van der Waals surface area contributed by atoms with E-state index in [0.717, 1.165) is 39.3 Å². The van der Waals surface area contributed by atoms with Crippen molar-refractivity contribution in [2.75, 3.05) is 59.4 Å². The molecule has 0 unspecified atom stereocenters. The molecule has 2 aliphatic rings. The Hall–Kier alpha value is 3.62. The monoisotopic (exact) mass is 306 g/mol. The molecule has 0 saturated carbocycles. The van der Waals surface area contributed by atoms with Crippen molar-refractivity contribution in [2.24, 2.45) is 0 Å². The fourth-order valence-electron chi connectivity index (χ4n) is 1.38. The van der Waals surface area contributed by atoms with Gasteiger partial charge in [0.25, 0.3) is 0 Å². The summed E-state index contributed by atoms with van der Waals surface area (Å²) in [5.41, 5.74) is 0. The summed E-state index contributed by atoms with van der Waals surface area (Å²) in [5, 5.41) is 9.72. The number of piperazine rings is 2. The first-order valence-corrected chi connectivity index (χ1v) is 5.20. The maximum Gasteiger partial charge on any atom is 0.0104 e. The van der Waals surface area contributed by atoms with Crippen molar-refractivity contribution >= 4 is 0 Å². The topological polar surface area (TPSA) is 39.3 Å². The molecular weight excluding hydrogens is 284 g/mol. The molecule has 7 heteroatoms. The Kier molecular flexibility index (Phi) is 28.7. The van der Waals surface area contributed by atoms with Crippen molar-refractivity contribution in [2.45, 2.75) is 0 Å². The first kappa shape index (κ1) is 24.6. The number of likely N-dealkylation sites (N-methyl/N-ethyl adjacent to an activating group) is 1. The molecule has 16 heavy (non-hydrogen) atoms. The van der Waals surface area contributed by atoms with Crippen molar-refractivity contribution in [1.82, 2.24) is 20.9 Å². The average Bonchev–Trinajstić information content (AvgIpc) is 2.22. The second-order valence-corrected chi connectivity index (χ2v) is 3.55. The Morgan fingerprint density at radius 2 is 0.938 bits per heavy atom. The van der Waals surface area contributed by atoms with Crippen molar-refractivity contribution < 1.29 is 113 Å². The van der Waals surface area contributed by atoms with E-state index in [9.17, 15) is 0 Å². The maximum atomic E-state index is 3.27. The van der Waals surface area contributed by atoms with Gasteiger partial charge in [-0.05, 0) is 7.05 Å². The zero-order valence-corrected chi connectivity index (χ0v) is 11.8. The third-order valence-corrected chi connectivity index (χ3v) is 2.30. The van der Waals surface area contributed by atoms with Gasteiger partial charge in [0.2, 0.25) is 0 Å². The zero-order valence-electron chi connectivity index (χ0n) is 9.66. The Bertz CT molecular complexity index is 108. The maximum absolute atomic E-state index is 3.27. The van der Waals surface area contributed by atoms with Crippen LogP contribution in [-0.4, -0.2) is 64.3 Å². The van der Waals surface area contributed by atoms with Crippen LogP contribution >= 0.6 is 0 Å². The molecule has 0 aromatic carbocycles. The molecule has 2 fully saturated rings. The molecule has 3 N–H and O–H groups in total. The summed E-state index contributed by atoms with van der Waals surface area (Å²) >= 11 is 0. The van der Waals surface area contributed by atoms with Gasteiger partial charge in [0.05, 0.1) is 0 Å². The number of rotatable bonds is 0. The van der Waals surface area contributed by atoms with Crippen LogP contribution in [0.5, 0.6) is 0 Å². The molecule has 0 aromatic heterocycles. The van der Waals surface area contributed by atoms with Crippen LogP contribution in [-0.2, 0) is 0 Å². The van der Waals surface area contributed by atoms with Gasteiger partial charge in [0, 0.05) is 166 Å². The predicted octanol–water partition coefficient (Wildman–Crippen LogP) is -1.30. The van der Waals surface area contributed by atoms with Crippen LogP contribution < -0.4 is 16.0 Å². The largest absolute Gasteiger partial charge is 0.314 e. The minimum atomic E-state index is 0. The Balaban J connectivity index is -0.000000179. The molecule has 2 aliphatic heterocycles. The van der Waals surface area contributed by atoms with E-state index in [1.165, 1.54) is 13.1 Å². The molecule has 0 aliphatic carbocycles. The Labute approximate surface area is 189 Å². The fourth-order valence-corrected chi connectivity index (χ4v) is 1.38. The minimum Gasteiger partial charge on any atom is -0.314 e. The predicted molar refractivity (Wildman–Crippen MR) is 56.1 cm³/mol. The second-order valence-electron chi connectivity index (χ2n) is 3.55. The second kappa shape index (κ2) is 18.6. The Morgan fingerprint density at radius 1 is 0.625 bits per heavy atom. The number of hydrogen-bond acceptors (Lipinski definition) is 4. The quantitative estimate of drug-likeness (QED) is 0.520. The van der Waals surface area contributed by atoms with E-state index in [1.807, 2.05) is 0 Å². The SMILES string of the molecule is C1CNCCN1.CN1CCNCC1.[Ar].[Ar].[Ar]. The molecule has 0 radical (unpaired) electrons. The number of hydrogen-bond donors (Lipinski definition) is 3. The van der Waals surface area contributed by atoms with Gasteiger partial charge in [-0.15, -0.1) is 0 Å². The average molecular weight is 306 g/mol. The number of nitrogens with one attached hydrogen (secondary N) is 3. The third-order valence-electron chi connectivity index (χ3n) is 2.30. The molecule has 0 aromatic rings. The molecule has 0 atom stereocenters. The van der Waals surface area contributed by atoms with Crippen LogP contribution in [0.4, 0.5) is 0 Å². The molecule has 102 valence electrons. The zero-order chi connectivity index (χ0) is 9.36. The standard InChI is InChI=1S/C5H12N2.C4H10N2.3Ar/c1-7-4-2-6-3-5-7;1-2-6-4-3-5-1;;;/h6H,2-5H2,1H3;5-6H,1-4H2;;;. The molecule has 2 rings (SSSR count). The van der Waals surface area contributed by atoms with Crippen LogP contribution in [0, 0.1) is 113 Å². The van der Waals surface area contributed by atoms with E-state index in [1.54, 1.807) is 0 Å². The first-order chi connectivity index (χ1) is 6.39. The summed E-state index contributed by atoms with van der Waals surface area (Å²) in [6.45, 7) is 9.30. The van der Waals surface area contributed by atoms with Gasteiger partial charge in [0.1, 0.15) is 0 Å². The summed E-state index contributed by atoms with van der Waals surface area (Å²) in [6, 6.07) is 0. The van der Waals surface area contributed by atoms with Gasteiger partial charge >= 0.3 is 0 Å². The first-order valence-electron chi connectivity index (χ1n) is 5.20. The van der Waals surface area contributed by atoms with E-state index in [4.69, 9.17) is 0 Å². The van der Waals surface area contributed by atoms with Gasteiger partial charge in [-0.2, -0.15) is 0 Å². The van der Waals surface area contributed by atoms with Crippen molar-refractivity contribution in [3.63, 3.8) is 0 Å². The molecular formula is C9H22Ar3N4. The van der Waals surface area contributed by atoms with Gasteiger partial charge in [-0.1, -0.05) is 0 Å². The van der Waals surface area contributed by atoms with Crippen LogP contribution in [0.2, 0.25) is 0 Å². The summed E-state index contributed by atoms with van der Waals surface area (Å²) in [4.78, 5) is 2.33. The van der Waals surface area contributed by atoms with E-state index in [-0.39, 0.29) is 113 Å². The normalized spacial score (nSPS) is 20.1. The van der Waals surface area contributed by atoms with Crippen molar-refractivity contribution in [1.29, 1.82) is 0 Å². The third kappa shape index (κ3) is 15.7. The van der Waals surface area contributed by atoms with E-state index < -0.39 is 0 Å². The van der Waals surface area contributed by atoms with Crippen molar-refractivity contribution in [3.8, 4) is 0 Å². The summed E-state index contributed by atoms with van der Waals surface area (Å²) in [6.07, 6.45) is 0. The number of nitrogens with zero attached hydrogens (tertiary/aromatic N) is 1. The van der Waals surface area contributed by atoms with Gasteiger partial charge in [-0.25, -0.2) is 0 Å². The molecule has 2 saturated heterocycles. The smallest absolute Gasteiger partial charge is 0.0104 e. The van der Waals surface area contributed by atoms with Crippen LogP contribution in [0.25, 0.3) is 0 Å². The summed E-state index contributed by atoms with van der Waals surface area (Å²) in [5.74, 6) is 0. The Morgan fingerprint density at radius 3 is 1.12 bits per heavy atom. The van der Waals surface area contributed by atoms with Crippen LogP contribution in [0.1, 0.15) is 0 Å². The molecule has 4 nitrogen and oxygen atoms in total. The summed E-state index contributed by atoms with van der Waals surface area (Å²) in [7, 11) is 2.15. The van der Waals surface area contributed by atoms with Gasteiger partial charge < -0.3 is 20.9 Å². The van der Waals surface area contributed by atoms with Crippen LogP contribution in [0.3, 0.4) is 0 Å². The summed E-state index contributed by atoms with van der Waals surface area (Å²) < 4.78 is 0. The molecule has 0 spiro atoms. The molecule has 0 amide bonds. The van der Waals surface area contributed by atoms with Gasteiger partial charge in [0.15, 0.2) is 0 Å². The molecule has 2 heterocycles. The van der Waals surface area contributed by atoms with Gasteiger partial charge in [-0.3, -0.25) is 0 Å². The minimum absolute atomic E-state index is 0. The van der Waals surface area contributed by atoms with Crippen molar-refractivity contribution in [3.05, 3.63) is 0 Å². The molecule has 0 bridgehead atoms. The van der Waals surface area contributed by atoms with E-state index in [0.29, 0.717) is 0 Å². The van der Waals surface area contributed by atoms with Crippen LogP contribution in [0.15, 0.2) is 0 Å². The van der Waals surface area contributed by atoms with E-state index >= 15 is 0 Å². The fraction of sp³-hybridized carbons (Fsp3) is 1.00. The van der Waals surface area contributed by atoms with E-state index in [2.05, 4.69) is 27.9 Å².